The van der Waals surface area contributed by atoms with Crippen molar-refractivity contribution in [3.8, 4) is 11.1 Å². The molecule has 0 unspecified atom stereocenters. The lowest BCUT2D eigenvalue weighted by Gasteiger charge is -2.30. The number of carbonyl (C=O) groups excluding carboxylic acids is 2. The molecule has 152 valence electrons. The van der Waals surface area contributed by atoms with Crippen LogP contribution in [0.3, 0.4) is 0 Å². The number of hydrogen-bond acceptors (Lipinski definition) is 3. The van der Waals surface area contributed by atoms with Gasteiger partial charge in [-0.25, -0.2) is 9.59 Å². The van der Waals surface area contributed by atoms with Gasteiger partial charge in [-0.3, -0.25) is 9.69 Å². The molecule has 0 fully saturated rings. The van der Waals surface area contributed by atoms with Crippen molar-refractivity contribution >= 4 is 18.0 Å². The van der Waals surface area contributed by atoms with Crippen LogP contribution in [0.1, 0.15) is 29.9 Å². The Hall–Kier alpha value is -3.55. The summed E-state index contributed by atoms with van der Waals surface area (Å²) in [7, 11) is 0. The summed E-state index contributed by atoms with van der Waals surface area (Å²) in [5, 5.41) is 12.2. The zero-order valence-electron chi connectivity index (χ0n) is 15.9. The molecule has 8 nitrogen and oxygen atoms in total. The summed E-state index contributed by atoms with van der Waals surface area (Å²) < 4.78 is 0. The first-order chi connectivity index (χ1) is 13.9. The van der Waals surface area contributed by atoms with Gasteiger partial charge < -0.3 is 21.9 Å². The molecule has 0 saturated carbocycles. The van der Waals surface area contributed by atoms with Crippen LogP contribution in [0.2, 0.25) is 0 Å². The number of carboxylic acid groups (broad SMARTS) is 1. The summed E-state index contributed by atoms with van der Waals surface area (Å²) in [6.45, 7) is 0.349. The molecule has 0 aliphatic heterocycles. The normalized spacial score (nSPS) is 13.2. The van der Waals surface area contributed by atoms with E-state index in [-0.39, 0.29) is 25.4 Å². The number of rotatable bonds is 8. The van der Waals surface area contributed by atoms with Crippen molar-refractivity contribution in [1.29, 1.82) is 0 Å². The number of amides is 4. The van der Waals surface area contributed by atoms with E-state index in [4.69, 9.17) is 11.5 Å². The zero-order chi connectivity index (χ0) is 21.0. The lowest BCUT2D eigenvalue weighted by Crippen LogP contribution is -2.49. The standard InChI is InChI=1S/C21H24N4O4/c22-19(26)18(10-5-11-24-20(23)27)25(21(28)29)12-17-15-8-3-1-6-13(15)14-7-2-4-9-16(14)17/h1-4,6-9,17-18H,5,10-12H2,(H2,22,26)(H,28,29)(H3,23,24,27)/t18-/m0/s1. The quantitative estimate of drug-likeness (QED) is 0.507. The molecular formula is C21H24N4O4. The van der Waals surface area contributed by atoms with Crippen molar-refractivity contribution in [2.75, 3.05) is 13.1 Å². The Morgan fingerprint density at radius 1 is 1.00 bits per heavy atom. The second-order valence-electron chi connectivity index (χ2n) is 7.01. The summed E-state index contributed by atoms with van der Waals surface area (Å²) in [5.74, 6) is -0.907. The first kappa shape index (κ1) is 20.2. The van der Waals surface area contributed by atoms with Gasteiger partial charge in [-0.05, 0) is 35.1 Å². The average molecular weight is 396 g/mol. The predicted molar refractivity (Wildman–Crippen MR) is 108 cm³/mol. The van der Waals surface area contributed by atoms with Crippen LogP contribution in [0.4, 0.5) is 9.59 Å². The Bertz CT molecular complexity index is 885. The molecule has 8 heteroatoms. The minimum atomic E-state index is -1.21. The van der Waals surface area contributed by atoms with E-state index in [1.54, 1.807) is 0 Å². The first-order valence-corrected chi connectivity index (χ1v) is 9.40. The van der Waals surface area contributed by atoms with Gasteiger partial charge in [0.05, 0.1) is 0 Å². The smallest absolute Gasteiger partial charge is 0.408 e. The number of benzene rings is 2. The van der Waals surface area contributed by atoms with Crippen molar-refractivity contribution in [2.45, 2.75) is 24.8 Å². The summed E-state index contributed by atoms with van der Waals surface area (Å²) >= 11 is 0. The molecule has 0 radical (unpaired) electrons. The molecule has 0 saturated heterocycles. The fourth-order valence-electron chi connectivity index (χ4n) is 3.95. The first-order valence-electron chi connectivity index (χ1n) is 9.40. The van der Waals surface area contributed by atoms with Crippen LogP contribution in [-0.2, 0) is 4.79 Å². The van der Waals surface area contributed by atoms with Crippen LogP contribution in [0.15, 0.2) is 48.5 Å². The second-order valence-corrected chi connectivity index (χ2v) is 7.01. The maximum absolute atomic E-state index is 12.0. The highest BCUT2D eigenvalue weighted by Gasteiger charge is 2.35. The molecule has 0 heterocycles. The molecule has 0 spiro atoms. The third-order valence-electron chi connectivity index (χ3n) is 5.25. The van der Waals surface area contributed by atoms with Gasteiger partial charge in [-0.15, -0.1) is 0 Å². The largest absolute Gasteiger partial charge is 0.465 e. The molecule has 2 aromatic rings. The van der Waals surface area contributed by atoms with Crippen LogP contribution < -0.4 is 16.8 Å². The third kappa shape index (κ3) is 4.31. The number of hydrogen-bond donors (Lipinski definition) is 4. The number of nitrogens with two attached hydrogens (primary N) is 2. The van der Waals surface area contributed by atoms with Gasteiger partial charge in [0.1, 0.15) is 6.04 Å². The molecular weight excluding hydrogens is 372 g/mol. The molecule has 1 aliphatic rings. The molecule has 2 aromatic carbocycles. The monoisotopic (exact) mass is 396 g/mol. The number of fused-ring (bicyclic) bond motifs is 3. The molecule has 0 aromatic heterocycles. The van der Waals surface area contributed by atoms with Crippen molar-refractivity contribution in [1.82, 2.24) is 10.2 Å². The van der Waals surface area contributed by atoms with Crippen LogP contribution in [0.25, 0.3) is 11.1 Å². The number of primary amides is 2. The molecule has 3 rings (SSSR count). The van der Waals surface area contributed by atoms with Crippen molar-refractivity contribution in [3.05, 3.63) is 59.7 Å². The zero-order valence-corrected chi connectivity index (χ0v) is 15.9. The molecule has 1 atom stereocenters. The van der Waals surface area contributed by atoms with Gasteiger partial charge >= 0.3 is 12.1 Å². The Kier molecular flexibility index (Phi) is 6.01. The SMILES string of the molecule is NC(=O)NCCC[C@@H](C(N)=O)N(CC1c2ccccc2-c2ccccc21)C(=O)O. The Labute approximate surface area is 168 Å². The minimum absolute atomic E-state index is 0.111. The van der Waals surface area contributed by atoms with Crippen molar-refractivity contribution in [2.24, 2.45) is 11.5 Å². The Morgan fingerprint density at radius 3 is 2.03 bits per heavy atom. The number of nitrogens with zero attached hydrogens (tertiary/aromatic N) is 1. The fraction of sp³-hybridized carbons (Fsp3) is 0.286. The molecule has 0 bridgehead atoms. The van der Waals surface area contributed by atoms with Gasteiger partial charge in [0, 0.05) is 19.0 Å². The highest BCUT2D eigenvalue weighted by Crippen LogP contribution is 2.45. The van der Waals surface area contributed by atoms with Gasteiger partial charge in [0.2, 0.25) is 5.91 Å². The summed E-state index contributed by atoms with van der Waals surface area (Å²) in [6, 6.07) is 14.1. The van der Waals surface area contributed by atoms with Gasteiger partial charge in [0.15, 0.2) is 0 Å². The van der Waals surface area contributed by atoms with Crippen LogP contribution in [0, 0.1) is 0 Å². The Morgan fingerprint density at radius 2 is 1.55 bits per heavy atom. The third-order valence-corrected chi connectivity index (χ3v) is 5.25. The maximum Gasteiger partial charge on any atom is 0.408 e. The Balaban J connectivity index is 1.85. The van der Waals surface area contributed by atoms with Crippen molar-refractivity contribution in [3.63, 3.8) is 0 Å². The molecule has 4 amide bonds. The molecule has 1 aliphatic carbocycles. The summed E-state index contributed by atoms with van der Waals surface area (Å²) in [4.78, 5) is 36.0. The van der Waals surface area contributed by atoms with Crippen LogP contribution in [-0.4, -0.2) is 47.2 Å². The minimum Gasteiger partial charge on any atom is -0.465 e. The van der Waals surface area contributed by atoms with Gasteiger partial charge in [-0.2, -0.15) is 0 Å². The molecule has 29 heavy (non-hydrogen) atoms. The highest BCUT2D eigenvalue weighted by molar-refractivity contribution is 5.84. The van der Waals surface area contributed by atoms with Gasteiger partial charge in [0.25, 0.3) is 0 Å². The summed E-state index contributed by atoms with van der Waals surface area (Å²) in [5.41, 5.74) is 14.7. The lowest BCUT2D eigenvalue weighted by atomic mass is 9.95. The number of carbonyl (C=O) groups is 3. The van der Waals surface area contributed by atoms with Crippen molar-refractivity contribution < 1.29 is 19.5 Å². The fourth-order valence-corrected chi connectivity index (χ4v) is 3.95. The van der Waals surface area contributed by atoms with E-state index in [1.807, 2.05) is 48.5 Å². The van der Waals surface area contributed by atoms with Crippen LogP contribution >= 0.6 is 0 Å². The van der Waals surface area contributed by atoms with E-state index in [0.29, 0.717) is 6.42 Å². The number of urea groups is 1. The topological polar surface area (TPSA) is 139 Å². The second kappa shape index (κ2) is 8.64. The van der Waals surface area contributed by atoms with Gasteiger partial charge in [-0.1, -0.05) is 48.5 Å². The van der Waals surface area contributed by atoms with E-state index in [2.05, 4.69) is 5.32 Å². The molecule has 6 N–H and O–H groups in total. The number of nitrogens with one attached hydrogen (secondary N) is 1. The van der Waals surface area contributed by atoms with E-state index in [0.717, 1.165) is 27.2 Å². The maximum atomic E-state index is 12.0. The lowest BCUT2D eigenvalue weighted by molar-refractivity contribution is -0.123. The van der Waals surface area contributed by atoms with E-state index in [9.17, 15) is 19.5 Å². The van der Waals surface area contributed by atoms with E-state index < -0.39 is 24.1 Å². The predicted octanol–water partition coefficient (Wildman–Crippen LogP) is 2.08. The summed E-state index contributed by atoms with van der Waals surface area (Å²) in [6.07, 6.45) is -0.644. The van der Waals surface area contributed by atoms with Crippen LogP contribution in [0.5, 0.6) is 0 Å². The van der Waals surface area contributed by atoms with E-state index in [1.165, 1.54) is 0 Å². The highest BCUT2D eigenvalue weighted by atomic mass is 16.4. The van der Waals surface area contributed by atoms with E-state index >= 15 is 0 Å². The average Bonchev–Trinajstić information content (AvgIpc) is 3.00.